The summed E-state index contributed by atoms with van der Waals surface area (Å²) in [5, 5.41) is 1.24. The third-order valence-corrected chi connectivity index (χ3v) is 6.71. The normalized spacial score (nSPS) is 21.9. The monoisotopic (exact) mass is 397 g/mol. The van der Waals surface area contributed by atoms with Gasteiger partial charge in [0.15, 0.2) is 0 Å². The molecule has 0 saturated carbocycles. The lowest BCUT2D eigenvalue weighted by atomic mass is 9.91. The Bertz CT molecular complexity index is 837. The number of nitrogens with zero attached hydrogens (tertiary/aromatic N) is 4. The predicted octanol–water partition coefficient (Wildman–Crippen LogP) is 3.20. The molecule has 4 rings (SSSR count). The van der Waals surface area contributed by atoms with Crippen molar-refractivity contribution in [2.45, 2.75) is 58.5 Å². The summed E-state index contributed by atoms with van der Waals surface area (Å²) in [7, 11) is 0. The SMILES string of the molecule is CCC(=O)N1CCC[C@H](c2[nH]c3ncccc3c2CN2CCN(C(C)C)CC2)C1. The van der Waals surface area contributed by atoms with Crippen molar-refractivity contribution in [1.29, 1.82) is 0 Å². The lowest BCUT2D eigenvalue weighted by Gasteiger charge is -2.37. The molecule has 29 heavy (non-hydrogen) atoms. The van der Waals surface area contributed by atoms with Crippen molar-refractivity contribution in [1.82, 2.24) is 24.7 Å². The number of hydrogen-bond acceptors (Lipinski definition) is 4. The first-order chi connectivity index (χ1) is 14.1. The lowest BCUT2D eigenvalue weighted by Crippen LogP contribution is -2.48. The zero-order valence-electron chi connectivity index (χ0n) is 18.2. The molecule has 2 saturated heterocycles. The highest BCUT2D eigenvalue weighted by Crippen LogP contribution is 2.33. The Labute approximate surface area is 174 Å². The minimum absolute atomic E-state index is 0.273. The summed E-state index contributed by atoms with van der Waals surface area (Å²) in [4.78, 5) is 27.7. The van der Waals surface area contributed by atoms with Gasteiger partial charge in [0.05, 0.1) is 0 Å². The van der Waals surface area contributed by atoms with Gasteiger partial charge in [0.2, 0.25) is 5.91 Å². The van der Waals surface area contributed by atoms with Gasteiger partial charge in [0.1, 0.15) is 5.65 Å². The van der Waals surface area contributed by atoms with Gasteiger partial charge in [-0.05, 0) is 44.4 Å². The van der Waals surface area contributed by atoms with E-state index in [1.54, 1.807) is 0 Å². The van der Waals surface area contributed by atoms with Crippen molar-refractivity contribution in [2.24, 2.45) is 0 Å². The fourth-order valence-corrected chi connectivity index (χ4v) is 4.94. The zero-order chi connectivity index (χ0) is 20.4. The number of rotatable bonds is 5. The van der Waals surface area contributed by atoms with Crippen LogP contribution in [0.1, 0.15) is 57.2 Å². The van der Waals surface area contributed by atoms with Crippen molar-refractivity contribution in [2.75, 3.05) is 39.3 Å². The number of likely N-dealkylation sites (tertiary alicyclic amines) is 1. The summed E-state index contributed by atoms with van der Waals surface area (Å²) in [6, 6.07) is 4.85. The summed E-state index contributed by atoms with van der Waals surface area (Å²) < 4.78 is 0. The summed E-state index contributed by atoms with van der Waals surface area (Å²) in [6.07, 6.45) is 4.66. The van der Waals surface area contributed by atoms with E-state index in [1.165, 1.54) is 16.6 Å². The zero-order valence-corrected chi connectivity index (χ0v) is 18.2. The van der Waals surface area contributed by atoms with Crippen LogP contribution in [0, 0.1) is 0 Å². The van der Waals surface area contributed by atoms with E-state index in [0.717, 1.165) is 64.3 Å². The molecule has 0 spiro atoms. The van der Waals surface area contributed by atoms with Gasteiger partial charge in [-0.25, -0.2) is 4.98 Å². The molecule has 158 valence electrons. The number of carbonyl (C=O) groups excluding carboxylic acids is 1. The maximum absolute atomic E-state index is 12.3. The average Bonchev–Trinajstić information content (AvgIpc) is 3.12. The number of piperidine rings is 1. The maximum Gasteiger partial charge on any atom is 0.222 e. The minimum Gasteiger partial charge on any atom is -0.343 e. The second kappa shape index (κ2) is 8.84. The van der Waals surface area contributed by atoms with Crippen LogP contribution in [0.15, 0.2) is 18.3 Å². The van der Waals surface area contributed by atoms with Crippen LogP contribution in [0.5, 0.6) is 0 Å². The molecule has 6 heteroatoms. The first-order valence-electron chi connectivity index (χ1n) is 11.3. The van der Waals surface area contributed by atoms with Crippen molar-refractivity contribution in [3.63, 3.8) is 0 Å². The molecule has 1 amide bonds. The van der Waals surface area contributed by atoms with Crippen LogP contribution in [0.25, 0.3) is 11.0 Å². The maximum atomic E-state index is 12.3. The molecular formula is C23H35N5O. The van der Waals surface area contributed by atoms with Crippen molar-refractivity contribution in [3.8, 4) is 0 Å². The van der Waals surface area contributed by atoms with Crippen molar-refractivity contribution in [3.05, 3.63) is 29.6 Å². The molecule has 2 aromatic heterocycles. The highest BCUT2D eigenvalue weighted by Gasteiger charge is 2.29. The molecule has 0 bridgehead atoms. The first-order valence-corrected chi connectivity index (χ1v) is 11.3. The number of fused-ring (bicyclic) bond motifs is 1. The smallest absolute Gasteiger partial charge is 0.222 e. The van der Waals surface area contributed by atoms with E-state index >= 15 is 0 Å². The number of amides is 1. The quantitative estimate of drug-likeness (QED) is 0.842. The van der Waals surface area contributed by atoms with Crippen LogP contribution in [-0.4, -0.2) is 75.9 Å². The Kier molecular flexibility index (Phi) is 6.20. The van der Waals surface area contributed by atoms with Gasteiger partial charge in [-0.3, -0.25) is 14.6 Å². The van der Waals surface area contributed by atoms with Gasteiger partial charge in [0, 0.05) is 81.5 Å². The van der Waals surface area contributed by atoms with E-state index < -0.39 is 0 Å². The third-order valence-electron chi connectivity index (χ3n) is 6.71. The van der Waals surface area contributed by atoms with E-state index in [9.17, 15) is 4.79 Å². The summed E-state index contributed by atoms with van der Waals surface area (Å²) in [5.41, 5.74) is 3.68. The van der Waals surface area contributed by atoms with Crippen LogP contribution >= 0.6 is 0 Å². The van der Waals surface area contributed by atoms with Crippen LogP contribution in [-0.2, 0) is 11.3 Å². The summed E-state index contributed by atoms with van der Waals surface area (Å²) in [5.74, 6) is 0.649. The van der Waals surface area contributed by atoms with Crippen LogP contribution in [0.4, 0.5) is 0 Å². The highest BCUT2D eigenvalue weighted by molar-refractivity contribution is 5.81. The Morgan fingerprint density at radius 3 is 2.76 bits per heavy atom. The van der Waals surface area contributed by atoms with E-state index in [1.807, 2.05) is 19.2 Å². The fourth-order valence-electron chi connectivity index (χ4n) is 4.94. The topological polar surface area (TPSA) is 55.5 Å². The number of piperazine rings is 1. The molecule has 1 N–H and O–H groups in total. The fraction of sp³-hybridized carbons (Fsp3) is 0.652. The predicted molar refractivity (Wildman–Crippen MR) is 117 cm³/mol. The Balaban J connectivity index is 1.57. The van der Waals surface area contributed by atoms with Gasteiger partial charge < -0.3 is 9.88 Å². The number of nitrogens with one attached hydrogen (secondary N) is 1. The molecule has 2 aliphatic rings. The number of hydrogen-bond donors (Lipinski definition) is 1. The Morgan fingerprint density at radius 1 is 1.24 bits per heavy atom. The van der Waals surface area contributed by atoms with E-state index in [2.05, 4.69) is 44.6 Å². The number of H-pyrrole nitrogens is 1. The number of pyridine rings is 1. The number of aromatic nitrogens is 2. The second-order valence-electron chi connectivity index (χ2n) is 8.86. The van der Waals surface area contributed by atoms with Gasteiger partial charge in [0.25, 0.3) is 0 Å². The summed E-state index contributed by atoms with van der Waals surface area (Å²) in [6.45, 7) is 13.7. The van der Waals surface area contributed by atoms with Gasteiger partial charge in [-0.2, -0.15) is 0 Å². The van der Waals surface area contributed by atoms with Gasteiger partial charge in [-0.1, -0.05) is 6.92 Å². The second-order valence-corrected chi connectivity index (χ2v) is 8.86. The molecule has 0 radical (unpaired) electrons. The molecule has 2 aliphatic heterocycles. The molecule has 6 nitrogen and oxygen atoms in total. The van der Waals surface area contributed by atoms with E-state index in [0.29, 0.717) is 18.4 Å². The van der Waals surface area contributed by atoms with Gasteiger partial charge in [-0.15, -0.1) is 0 Å². The largest absolute Gasteiger partial charge is 0.343 e. The lowest BCUT2D eigenvalue weighted by molar-refractivity contribution is -0.132. The number of carbonyl (C=O) groups is 1. The van der Waals surface area contributed by atoms with Crippen molar-refractivity contribution < 1.29 is 4.79 Å². The molecule has 1 atom stereocenters. The minimum atomic E-state index is 0.273. The Morgan fingerprint density at radius 2 is 2.03 bits per heavy atom. The molecule has 0 aliphatic carbocycles. The van der Waals surface area contributed by atoms with Crippen LogP contribution in [0.3, 0.4) is 0 Å². The van der Waals surface area contributed by atoms with E-state index in [4.69, 9.17) is 0 Å². The molecular weight excluding hydrogens is 362 g/mol. The third kappa shape index (κ3) is 4.33. The molecule has 2 fully saturated rings. The van der Waals surface area contributed by atoms with E-state index in [-0.39, 0.29) is 5.91 Å². The Hall–Kier alpha value is -1.92. The molecule has 4 heterocycles. The molecule has 0 aromatic carbocycles. The van der Waals surface area contributed by atoms with Crippen LogP contribution in [0.2, 0.25) is 0 Å². The number of aromatic amines is 1. The molecule has 2 aromatic rings. The van der Waals surface area contributed by atoms with Crippen molar-refractivity contribution >= 4 is 16.9 Å². The van der Waals surface area contributed by atoms with Gasteiger partial charge >= 0.3 is 0 Å². The summed E-state index contributed by atoms with van der Waals surface area (Å²) >= 11 is 0. The van der Waals surface area contributed by atoms with Crippen LogP contribution < -0.4 is 0 Å². The first kappa shape index (κ1) is 20.4. The average molecular weight is 398 g/mol. The highest BCUT2D eigenvalue weighted by atomic mass is 16.2. The molecule has 0 unspecified atom stereocenters. The standard InChI is InChI=1S/C23H35N5O/c1-4-21(29)28-10-6-7-18(15-28)22-20(19-8-5-9-24-23(19)25-22)16-26-11-13-27(14-12-26)17(2)3/h5,8-9,17-18H,4,6-7,10-16H2,1-3H3,(H,24,25)/t18-/m0/s1.